The molecule has 7 nitrogen and oxygen atoms in total. The summed E-state index contributed by atoms with van der Waals surface area (Å²) in [5.74, 6) is -0.579. The molecule has 0 bridgehead atoms. The van der Waals surface area contributed by atoms with Crippen molar-refractivity contribution >= 4 is 41.0 Å². The highest BCUT2D eigenvalue weighted by molar-refractivity contribution is 8.00. The molecule has 0 saturated carbocycles. The molecule has 8 heteroatoms. The Hall–Kier alpha value is -5.08. The number of aromatic nitrogens is 2. The zero-order valence-electron chi connectivity index (χ0n) is 23.2. The first kappa shape index (κ1) is 28.4. The molecular formula is C34H30N4O3S. The van der Waals surface area contributed by atoms with Crippen molar-refractivity contribution in [3.8, 4) is 5.69 Å². The van der Waals surface area contributed by atoms with Crippen LogP contribution in [-0.4, -0.2) is 21.2 Å². The molecular weight excluding hydrogens is 544 g/mol. The first-order chi connectivity index (χ1) is 20.4. The van der Waals surface area contributed by atoms with Crippen molar-refractivity contribution in [2.45, 2.75) is 17.1 Å². The number of carbonyl (C=O) groups excluding carboxylic acids is 2. The predicted molar refractivity (Wildman–Crippen MR) is 170 cm³/mol. The first-order valence-electron chi connectivity index (χ1n) is 13.4. The van der Waals surface area contributed by atoms with Crippen LogP contribution in [0.15, 0.2) is 131 Å². The fraction of sp³-hybridized carbons (Fsp3) is 0.0882. The molecule has 1 heterocycles. The summed E-state index contributed by atoms with van der Waals surface area (Å²) in [5.41, 5.74) is 3.61. The Morgan fingerprint density at radius 1 is 0.810 bits per heavy atom. The van der Waals surface area contributed by atoms with E-state index < -0.39 is 5.25 Å². The van der Waals surface area contributed by atoms with Crippen molar-refractivity contribution in [1.82, 2.24) is 9.36 Å². The second-order valence-electron chi connectivity index (χ2n) is 9.60. The lowest BCUT2D eigenvalue weighted by atomic mass is 10.1. The summed E-state index contributed by atoms with van der Waals surface area (Å²) in [5, 5.41) is 5.15. The molecule has 0 fully saturated rings. The standard InChI is InChI=1S/C34H30N4O3S/c1-24-31(34(41)38(37(24)2)28-18-10-5-11-19-28)36-33(40)32(26-15-8-4-9-16-26)42-29-20-12-17-27(23-29)35-30(39)22-21-25-13-6-3-7-14-25/h3-23,32H,1-2H3,(H,35,39)(H,36,40)/b22-21+. The normalized spacial score (nSPS) is 11.8. The molecule has 5 rings (SSSR count). The number of nitrogens with one attached hydrogen (secondary N) is 2. The predicted octanol–water partition coefficient (Wildman–Crippen LogP) is 6.61. The van der Waals surface area contributed by atoms with E-state index in [4.69, 9.17) is 0 Å². The van der Waals surface area contributed by atoms with Gasteiger partial charge in [-0.3, -0.25) is 19.1 Å². The Kier molecular flexibility index (Phi) is 8.84. The molecule has 42 heavy (non-hydrogen) atoms. The molecule has 0 radical (unpaired) electrons. The highest BCUT2D eigenvalue weighted by atomic mass is 32.2. The first-order valence-corrected chi connectivity index (χ1v) is 14.3. The Morgan fingerprint density at radius 3 is 2.14 bits per heavy atom. The lowest BCUT2D eigenvalue weighted by Crippen LogP contribution is -2.25. The van der Waals surface area contributed by atoms with E-state index >= 15 is 0 Å². The van der Waals surface area contributed by atoms with Crippen molar-refractivity contribution in [3.63, 3.8) is 0 Å². The molecule has 5 aromatic rings. The minimum atomic E-state index is -0.653. The number of carbonyl (C=O) groups is 2. The SMILES string of the molecule is Cc1c(NC(=O)C(Sc2cccc(NC(=O)/C=C/c3ccccc3)c2)c2ccccc2)c(=O)n(-c2ccccc2)n1C. The zero-order chi connectivity index (χ0) is 29.5. The van der Waals surface area contributed by atoms with Gasteiger partial charge in [0.2, 0.25) is 11.8 Å². The van der Waals surface area contributed by atoms with Crippen LogP contribution in [0, 0.1) is 6.92 Å². The Morgan fingerprint density at radius 2 is 1.45 bits per heavy atom. The molecule has 0 aliphatic heterocycles. The summed E-state index contributed by atoms with van der Waals surface area (Å²) >= 11 is 1.34. The quantitative estimate of drug-likeness (QED) is 0.153. The molecule has 2 N–H and O–H groups in total. The van der Waals surface area contributed by atoms with E-state index in [1.165, 1.54) is 22.5 Å². The van der Waals surface area contributed by atoms with Crippen molar-refractivity contribution in [2.24, 2.45) is 7.05 Å². The van der Waals surface area contributed by atoms with E-state index in [9.17, 15) is 14.4 Å². The van der Waals surface area contributed by atoms with Crippen LogP contribution < -0.4 is 16.2 Å². The molecule has 0 aliphatic rings. The number of amides is 2. The van der Waals surface area contributed by atoms with Gasteiger partial charge < -0.3 is 10.6 Å². The largest absolute Gasteiger partial charge is 0.322 e. The Balaban J connectivity index is 1.37. The summed E-state index contributed by atoms with van der Waals surface area (Å²) in [6.45, 7) is 1.81. The monoisotopic (exact) mass is 574 g/mol. The van der Waals surface area contributed by atoms with Crippen LogP contribution >= 0.6 is 11.8 Å². The number of nitrogens with zero attached hydrogens (tertiary/aromatic N) is 2. The van der Waals surface area contributed by atoms with Gasteiger partial charge in [0.1, 0.15) is 10.9 Å². The second-order valence-corrected chi connectivity index (χ2v) is 10.8. The van der Waals surface area contributed by atoms with Crippen LogP contribution in [0.3, 0.4) is 0 Å². The van der Waals surface area contributed by atoms with Gasteiger partial charge in [0, 0.05) is 23.7 Å². The summed E-state index contributed by atoms with van der Waals surface area (Å²) in [6.07, 6.45) is 3.24. The lowest BCUT2D eigenvalue weighted by Gasteiger charge is -2.17. The molecule has 4 aromatic carbocycles. The van der Waals surface area contributed by atoms with Crippen molar-refractivity contribution in [2.75, 3.05) is 10.6 Å². The summed E-state index contributed by atoms with van der Waals surface area (Å²) in [7, 11) is 1.79. The smallest absolute Gasteiger partial charge is 0.295 e. The van der Waals surface area contributed by atoms with Gasteiger partial charge in [-0.2, -0.15) is 0 Å². The number of benzene rings is 4. The third-order valence-corrected chi connectivity index (χ3v) is 7.97. The molecule has 0 spiro atoms. The van der Waals surface area contributed by atoms with E-state index in [0.717, 1.165) is 16.0 Å². The van der Waals surface area contributed by atoms with E-state index in [0.29, 0.717) is 17.1 Å². The molecule has 1 unspecified atom stereocenters. The van der Waals surface area contributed by atoms with Gasteiger partial charge in [-0.1, -0.05) is 84.9 Å². The number of hydrogen-bond acceptors (Lipinski definition) is 4. The summed E-state index contributed by atoms with van der Waals surface area (Å²) < 4.78 is 3.27. The number of hydrogen-bond donors (Lipinski definition) is 2. The fourth-order valence-electron chi connectivity index (χ4n) is 4.51. The van der Waals surface area contributed by atoms with Gasteiger partial charge in [-0.15, -0.1) is 11.8 Å². The number of rotatable bonds is 9. The van der Waals surface area contributed by atoms with E-state index in [-0.39, 0.29) is 23.1 Å². The molecule has 0 aliphatic carbocycles. The fourth-order valence-corrected chi connectivity index (χ4v) is 5.59. The number of para-hydroxylation sites is 1. The lowest BCUT2D eigenvalue weighted by molar-refractivity contribution is -0.116. The highest BCUT2D eigenvalue weighted by Gasteiger charge is 2.26. The summed E-state index contributed by atoms with van der Waals surface area (Å²) in [4.78, 5) is 40.6. The van der Waals surface area contributed by atoms with E-state index in [2.05, 4.69) is 10.6 Å². The molecule has 0 saturated heterocycles. The number of anilines is 2. The van der Waals surface area contributed by atoms with Crippen molar-refractivity contribution in [3.05, 3.63) is 149 Å². The van der Waals surface area contributed by atoms with Gasteiger partial charge in [0.25, 0.3) is 5.56 Å². The molecule has 2 amide bonds. The average molecular weight is 575 g/mol. The van der Waals surface area contributed by atoms with Gasteiger partial charge in [-0.05, 0) is 54.5 Å². The van der Waals surface area contributed by atoms with Crippen molar-refractivity contribution in [1.29, 1.82) is 0 Å². The Bertz CT molecular complexity index is 1780. The summed E-state index contributed by atoms with van der Waals surface area (Å²) in [6, 6.07) is 35.7. The minimum absolute atomic E-state index is 0.235. The van der Waals surface area contributed by atoms with E-state index in [1.54, 1.807) is 30.8 Å². The maximum Gasteiger partial charge on any atom is 0.295 e. The minimum Gasteiger partial charge on any atom is -0.322 e. The maximum absolute atomic E-state index is 13.8. The number of thioether (sulfide) groups is 1. The second kappa shape index (κ2) is 13.1. The van der Waals surface area contributed by atoms with Gasteiger partial charge in [-0.25, -0.2) is 4.68 Å². The van der Waals surface area contributed by atoms with Crippen LogP contribution in [0.1, 0.15) is 22.1 Å². The molecule has 1 aromatic heterocycles. The third-order valence-electron chi connectivity index (χ3n) is 6.73. The van der Waals surface area contributed by atoms with Crippen LogP contribution in [0.5, 0.6) is 0 Å². The Labute approximate surface area is 248 Å². The topological polar surface area (TPSA) is 85.1 Å². The molecule has 210 valence electrons. The van der Waals surface area contributed by atoms with Crippen LogP contribution in [-0.2, 0) is 16.6 Å². The third kappa shape index (κ3) is 6.62. The van der Waals surface area contributed by atoms with Crippen LogP contribution in [0.25, 0.3) is 11.8 Å². The average Bonchev–Trinajstić information content (AvgIpc) is 3.23. The van der Waals surface area contributed by atoms with E-state index in [1.807, 2.05) is 109 Å². The van der Waals surface area contributed by atoms with Gasteiger partial charge in [0.15, 0.2) is 0 Å². The van der Waals surface area contributed by atoms with Gasteiger partial charge in [0.05, 0.1) is 11.4 Å². The maximum atomic E-state index is 13.8. The zero-order valence-corrected chi connectivity index (χ0v) is 24.0. The van der Waals surface area contributed by atoms with Crippen LogP contribution in [0.2, 0.25) is 0 Å². The van der Waals surface area contributed by atoms with Gasteiger partial charge >= 0.3 is 0 Å². The van der Waals surface area contributed by atoms with Crippen molar-refractivity contribution < 1.29 is 9.59 Å². The van der Waals surface area contributed by atoms with Crippen LogP contribution in [0.4, 0.5) is 11.4 Å². The highest BCUT2D eigenvalue weighted by Crippen LogP contribution is 2.37. The molecule has 1 atom stereocenters.